The summed E-state index contributed by atoms with van der Waals surface area (Å²) in [4.78, 5) is 19.0. The van der Waals surface area contributed by atoms with E-state index < -0.39 is 0 Å². The Hall–Kier alpha value is -2.74. The Morgan fingerprint density at radius 3 is 2.64 bits per heavy atom. The third-order valence-corrected chi connectivity index (χ3v) is 5.46. The number of phenolic OH excluding ortho intramolecular Hbond substituents is 1. The number of anilines is 2. The predicted molar refractivity (Wildman–Crippen MR) is 115 cm³/mol. The first-order chi connectivity index (χ1) is 13.6. The Bertz CT molecular complexity index is 768. The molecule has 1 aromatic carbocycles. The van der Waals surface area contributed by atoms with E-state index in [4.69, 9.17) is 0 Å². The smallest absolute Gasteiger partial charge is 0.246 e. The van der Waals surface area contributed by atoms with E-state index in [0.717, 1.165) is 32.5 Å². The van der Waals surface area contributed by atoms with Crippen LogP contribution in [0.5, 0.6) is 5.75 Å². The lowest BCUT2D eigenvalue weighted by Crippen LogP contribution is -2.48. The van der Waals surface area contributed by atoms with Crippen LogP contribution >= 0.6 is 11.3 Å². The number of hydrogen-bond donors (Lipinski definition) is 4. The van der Waals surface area contributed by atoms with Gasteiger partial charge in [-0.3, -0.25) is 4.79 Å². The highest BCUT2D eigenvalue weighted by atomic mass is 32.1. The van der Waals surface area contributed by atoms with Crippen molar-refractivity contribution >= 4 is 33.9 Å². The largest absolute Gasteiger partial charge is 0.508 e. The number of aromatic hydroxyl groups is 1. The summed E-state index contributed by atoms with van der Waals surface area (Å²) in [6.07, 6.45) is 2.06. The number of carbonyl (C=O) groups is 1. The number of nitrogens with zero attached hydrogens (tertiary/aromatic N) is 2. The van der Waals surface area contributed by atoms with Gasteiger partial charge in [0.1, 0.15) is 12.3 Å². The van der Waals surface area contributed by atoms with Gasteiger partial charge in [-0.15, -0.1) is 11.3 Å². The van der Waals surface area contributed by atoms with Gasteiger partial charge in [-0.25, -0.2) is 4.99 Å². The molecule has 1 aliphatic rings. The summed E-state index contributed by atoms with van der Waals surface area (Å²) in [6.45, 7) is 4.80. The van der Waals surface area contributed by atoms with E-state index >= 15 is 0 Å². The number of aliphatic imine (C=N–C) groups is 1. The Morgan fingerprint density at radius 1 is 1.25 bits per heavy atom. The second kappa shape index (κ2) is 9.98. The van der Waals surface area contributed by atoms with E-state index in [1.807, 2.05) is 6.92 Å². The van der Waals surface area contributed by atoms with Crippen molar-refractivity contribution in [1.29, 1.82) is 0 Å². The number of rotatable bonds is 6. The fraction of sp³-hybridized carbons (Fsp3) is 0.400. The number of phenols is 1. The van der Waals surface area contributed by atoms with Gasteiger partial charge >= 0.3 is 0 Å². The van der Waals surface area contributed by atoms with Gasteiger partial charge in [0.05, 0.1) is 5.00 Å². The fourth-order valence-corrected chi connectivity index (χ4v) is 3.89. The fourth-order valence-electron chi connectivity index (χ4n) is 3.10. The number of benzene rings is 1. The molecule has 4 N–H and O–H groups in total. The highest BCUT2D eigenvalue weighted by molar-refractivity contribution is 7.14. The maximum absolute atomic E-state index is 12.1. The molecule has 1 amide bonds. The van der Waals surface area contributed by atoms with Crippen LogP contribution in [0.25, 0.3) is 0 Å². The normalized spacial score (nSPS) is 15.3. The molecule has 2 heterocycles. The average molecular weight is 402 g/mol. The highest BCUT2D eigenvalue weighted by Crippen LogP contribution is 2.24. The lowest BCUT2D eigenvalue weighted by molar-refractivity contribution is -0.114. The molecule has 28 heavy (non-hydrogen) atoms. The molecule has 2 aromatic rings. The summed E-state index contributed by atoms with van der Waals surface area (Å²) < 4.78 is 0. The van der Waals surface area contributed by atoms with E-state index in [-0.39, 0.29) is 18.2 Å². The molecule has 1 aliphatic heterocycles. The van der Waals surface area contributed by atoms with Crippen molar-refractivity contribution in [1.82, 2.24) is 10.6 Å². The minimum atomic E-state index is -0.199. The van der Waals surface area contributed by atoms with Crippen LogP contribution in [-0.4, -0.2) is 49.2 Å². The molecule has 0 spiro atoms. The molecule has 1 saturated heterocycles. The van der Waals surface area contributed by atoms with Crippen molar-refractivity contribution in [2.24, 2.45) is 4.99 Å². The zero-order chi connectivity index (χ0) is 19.8. The van der Waals surface area contributed by atoms with Crippen molar-refractivity contribution in [3.8, 4) is 5.75 Å². The molecule has 0 saturated carbocycles. The minimum Gasteiger partial charge on any atom is -0.508 e. The lowest BCUT2D eigenvalue weighted by atomic mass is 10.1. The Balaban J connectivity index is 1.48. The molecular formula is C20H27N5O2S. The minimum absolute atomic E-state index is 0.0320. The highest BCUT2D eigenvalue weighted by Gasteiger charge is 2.20. The number of guanidine groups is 1. The first kappa shape index (κ1) is 20.0. The Labute approximate surface area is 169 Å². The van der Waals surface area contributed by atoms with Crippen LogP contribution in [0.2, 0.25) is 0 Å². The van der Waals surface area contributed by atoms with Crippen LogP contribution in [0, 0.1) is 0 Å². The number of nitrogens with one attached hydrogen (secondary N) is 3. The van der Waals surface area contributed by atoms with Crippen molar-refractivity contribution in [3.05, 3.63) is 41.8 Å². The lowest BCUT2D eigenvalue weighted by Gasteiger charge is -2.33. The van der Waals surface area contributed by atoms with E-state index in [0.29, 0.717) is 17.7 Å². The third-order valence-electron chi connectivity index (χ3n) is 4.53. The predicted octanol–water partition coefficient (Wildman–Crippen LogP) is 2.62. The van der Waals surface area contributed by atoms with Crippen LogP contribution in [0.4, 0.5) is 10.7 Å². The second-order valence-electron chi connectivity index (χ2n) is 6.65. The van der Waals surface area contributed by atoms with Gasteiger partial charge in [0.2, 0.25) is 5.91 Å². The van der Waals surface area contributed by atoms with E-state index in [1.165, 1.54) is 17.1 Å². The summed E-state index contributed by atoms with van der Waals surface area (Å²) >= 11 is 1.78. The van der Waals surface area contributed by atoms with Gasteiger partial charge in [-0.05, 0) is 61.5 Å². The van der Waals surface area contributed by atoms with Gasteiger partial charge in [0.15, 0.2) is 5.96 Å². The monoisotopic (exact) mass is 401 g/mol. The average Bonchev–Trinajstić information content (AvgIpc) is 3.23. The molecule has 0 unspecified atom stereocenters. The molecule has 7 nitrogen and oxygen atoms in total. The van der Waals surface area contributed by atoms with Crippen LogP contribution in [0.15, 0.2) is 46.8 Å². The molecular weight excluding hydrogens is 374 g/mol. The summed E-state index contributed by atoms with van der Waals surface area (Å²) in [5, 5.41) is 22.2. The van der Waals surface area contributed by atoms with Crippen LogP contribution < -0.4 is 20.9 Å². The van der Waals surface area contributed by atoms with Gasteiger partial charge in [0.25, 0.3) is 0 Å². The van der Waals surface area contributed by atoms with E-state index in [2.05, 4.69) is 43.4 Å². The van der Waals surface area contributed by atoms with E-state index in [1.54, 1.807) is 23.5 Å². The number of carbonyl (C=O) groups excluding carboxylic acids is 1. The standard InChI is InChI=1S/C20H27N5O2S/c1-2-21-20(22-14-18(27)23-15-5-7-17(26)8-6-15)24-16-9-11-25(12-10-16)19-4-3-13-28-19/h3-8,13,16,26H,2,9-12,14H2,1H3,(H,23,27)(H2,21,22,24). The molecule has 1 fully saturated rings. The number of amides is 1. The maximum Gasteiger partial charge on any atom is 0.246 e. The number of thiophene rings is 1. The number of hydrogen-bond acceptors (Lipinski definition) is 5. The van der Waals surface area contributed by atoms with Crippen LogP contribution in [-0.2, 0) is 4.79 Å². The second-order valence-corrected chi connectivity index (χ2v) is 7.57. The van der Waals surface area contributed by atoms with Crippen molar-refractivity contribution in [2.45, 2.75) is 25.8 Å². The summed E-state index contributed by atoms with van der Waals surface area (Å²) in [5.74, 6) is 0.633. The summed E-state index contributed by atoms with van der Waals surface area (Å²) in [7, 11) is 0. The first-order valence-corrected chi connectivity index (χ1v) is 10.4. The van der Waals surface area contributed by atoms with Gasteiger partial charge in [-0.1, -0.05) is 0 Å². The van der Waals surface area contributed by atoms with Gasteiger partial charge < -0.3 is 26.0 Å². The zero-order valence-corrected chi connectivity index (χ0v) is 16.8. The zero-order valence-electron chi connectivity index (χ0n) is 16.0. The quantitative estimate of drug-likeness (QED) is 0.339. The van der Waals surface area contributed by atoms with Crippen molar-refractivity contribution < 1.29 is 9.90 Å². The van der Waals surface area contributed by atoms with Crippen molar-refractivity contribution in [2.75, 3.05) is 36.4 Å². The molecule has 0 radical (unpaired) electrons. The Morgan fingerprint density at radius 2 is 2.00 bits per heavy atom. The third kappa shape index (κ3) is 5.88. The summed E-state index contributed by atoms with van der Waals surface area (Å²) in [6, 6.07) is 11.0. The molecule has 150 valence electrons. The van der Waals surface area contributed by atoms with Gasteiger partial charge in [0, 0.05) is 31.4 Å². The number of piperidine rings is 1. The summed E-state index contributed by atoms with van der Waals surface area (Å²) in [5.41, 5.74) is 0.636. The van der Waals surface area contributed by atoms with Crippen molar-refractivity contribution in [3.63, 3.8) is 0 Å². The first-order valence-electron chi connectivity index (χ1n) is 9.56. The van der Waals surface area contributed by atoms with Crippen LogP contribution in [0.1, 0.15) is 19.8 Å². The van der Waals surface area contributed by atoms with Crippen LogP contribution in [0.3, 0.4) is 0 Å². The molecule has 0 atom stereocenters. The molecule has 0 aliphatic carbocycles. The molecule has 0 bridgehead atoms. The molecule has 3 rings (SSSR count). The van der Waals surface area contributed by atoms with Gasteiger partial charge in [-0.2, -0.15) is 0 Å². The maximum atomic E-state index is 12.1. The molecule has 8 heteroatoms. The van der Waals surface area contributed by atoms with E-state index in [9.17, 15) is 9.90 Å². The Kier molecular flexibility index (Phi) is 7.13. The SMILES string of the molecule is CCNC(=NCC(=O)Nc1ccc(O)cc1)NC1CCN(c2cccs2)CC1. The molecule has 1 aromatic heterocycles. The topological polar surface area (TPSA) is 89.0 Å².